The fourth-order valence-corrected chi connectivity index (χ4v) is 2.62. The molecule has 5 nitrogen and oxygen atoms in total. The molecule has 0 fully saturated rings. The maximum Gasteiger partial charge on any atom is 0.164 e. The van der Waals surface area contributed by atoms with E-state index >= 15 is 0 Å². The molecule has 1 heterocycles. The van der Waals surface area contributed by atoms with Crippen LogP contribution in [-0.2, 0) is 0 Å². The van der Waals surface area contributed by atoms with E-state index in [1.165, 1.54) is 12.6 Å². The number of nitrogens with one attached hydrogen (secondary N) is 3. The van der Waals surface area contributed by atoms with E-state index in [1.807, 2.05) is 20.2 Å². The summed E-state index contributed by atoms with van der Waals surface area (Å²) in [4.78, 5) is 3.84. The highest BCUT2D eigenvalue weighted by atomic mass is 32.2. The summed E-state index contributed by atoms with van der Waals surface area (Å²) in [6, 6.07) is 0. The summed E-state index contributed by atoms with van der Waals surface area (Å²) in [7, 11) is 3.82. The van der Waals surface area contributed by atoms with Crippen molar-refractivity contribution in [3.63, 3.8) is 0 Å². The molecule has 0 aromatic heterocycles. The minimum atomic E-state index is -1.09. The Morgan fingerprint density at radius 3 is 2.52 bits per heavy atom. The Balaban J connectivity index is 3.04. The van der Waals surface area contributed by atoms with E-state index in [1.54, 1.807) is 11.9 Å². The van der Waals surface area contributed by atoms with Gasteiger partial charge < -0.3 is 20.4 Å². The highest BCUT2D eigenvalue weighted by Crippen LogP contribution is 2.23. The Morgan fingerprint density at radius 1 is 1.52 bits per heavy atom. The number of alkyl halides is 1. The number of amidine groups is 1. The van der Waals surface area contributed by atoms with Gasteiger partial charge in [-0.15, -0.1) is 0 Å². The first-order chi connectivity index (χ1) is 9.92. The number of likely N-dealkylation sites (N-methyl/N-ethyl adjacent to an activating group) is 1. The van der Waals surface area contributed by atoms with E-state index in [9.17, 15) is 4.39 Å². The van der Waals surface area contributed by atoms with Crippen LogP contribution in [0.3, 0.4) is 0 Å². The number of hydrogen-bond acceptors (Lipinski definition) is 5. The molecule has 1 rings (SSSR count). The van der Waals surface area contributed by atoms with Crippen molar-refractivity contribution >= 4 is 16.9 Å². The van der Waals surface area contributed by atoms with Crippen molar-refractivity contribution in [2.45, 2.75) is 32.7 Å². The number of rotatable bonds is 7. The Morgan fingerprint density at radius 2 is 2.14 bits per heavy atom. The maximum absolute atomic E-state index is 13.1. The van der Waals surface area contributed by atoms with Gasteiger partial charge in [0.15, 0.2) is 5.17 Å². The molecular formula is C14H26FN5S. The minimum absolute atomic E-state index is 0.195. The van der Waals surface area contributed by atoms with Gasteiger partial charge in [0.1, 0.15) is 11.3 Å². The van der Waals surface area contributed by atoms with E-state index in [4.69, 9.17) is 5.41 Å². The molecule has 1 aliphatic heterocycles. The quantitative estimate of drug-likeness (QED) is 0.498. The lowest BCUT2D eigenvalue weighted by Gasteiger charge is -2.34. The normalized spacial score (nSPS) is 16.0. The molecule has 1 atom stereocenters. The number of nitrogens with zero attached hydrogens (tertiary/aromatic N) is 2. The Labute approximate surface area is 131 Å². The van der Waals surface area contributed by atoms with Crippen LogP contribution in [0.2, 0.25) is 0 Å². The predicted octanol–water partition coefficient (Wildman–Crippen LogP) is 2.47. The van der Waals surface area contributed by atoms with Crippen LogP contribution in [0.15, 0.2) is 23.4 Å². The highest BCUT2D eigenvalue weighted by Gasteiger charge is 2.21. The SMILES string of the molecule is CCN/C(=C(/CC)N(C)C1=CNC1)N(C)C(=N)SC(C)F. The average molecular weight is 315 g/mol. The van der Waals surface area contributed by atoms with Gasteiger partial charge in [0.2, 0.25) is 0 Å². The predicted molar refractivity (Wildman–Crippen MR) is 88.5 cm³/mol. The Kier molecular flexibility index (Phi) is 6.87. The zero-order valence-electron chi connectivity index (χ0n) is 13.5. The third kappa shape index (κ3) is 4.56. The fraction of sp³-hybridized carbons (Fsp3) is 0.643. The molecule has 0 amide bonds. The van der Waals surface area contributed by atoms with E-state index in [2.05, 4.69) is 22.5 Å². The summed E-state index contributed by atoms with van der Waals surface area (Å²) in [5, 5.41) is 14.7. The second kappa shape index (κ2) is 8.17. The molecule has 0 saturated heterocycles. The number of thioether (sulfide) groups is 1. The summed E-state index contributed by atoms with van der Waals surface area (Å²) in [5.74, 6) is 0.855. The molecule has 0 aromatic rings. The standard InChI is InChI=1S/C14H26FN5S/c1-6-12(19(4)11-8-17-9-11)13(18-7-2)20(5)14(16)21-10(3)15/h8,10,16-18H,6-7,9H2,1-5H3/b13-12+,16-14?. The first kappa shape index (κ1) is 17.7. The van der Waals surface area contributed by atoms with Crippen molar-refractivity contribution in [2.75, 3.05) is 27.2 Å². The largest absolute Gasteiger partial charge is 0.384 e. The van der Waals surface area contributed by atoms with Gasteiger partial charge in [-0.25, -0.2) is 4.39 Å². The van der Waals surface area contributed by atoms with Gasteiger partial charge in [-0.1, -0.05) is 18.7 Å². The van der Waals surface area contributed by atoms with Crippen LogP contribution < -0.4 is 10.6 Å². The van der Waals surface area contributed by atoms with Gasteiger partial charge in [-0.3, -0.25) is 5.41 Å². The molecule has 0 saturated carbocycles. The summed E-state index contributed by atoms with van der Waals surface area (Å²) in [6.07, 6.45) is 2.80. The second-order valence-electron chi connectivity index (χ2n) is 4.78. The summed E-state index contributed by atoms with van der Waals surface area (Å²) >= 11 is 0.907. The molecule has 21 heavy (non-hydrogen) atoms. The molecule has 0 aromatic carbocycles. The molecule has 0 aliphatic carbocycles. The topological polar surface area (TPSA) is 54.4 Å². The molecule has 0 radical (unpaired) electrons. The van der Waals surface area contributed by atoms with E-state index < -0.39 is 5.50 Å². The second-order valence-corrected chi connectivity index (χ2v) is 6.05. The van der Waals surface area contributed by atoms with E-state index in [0.717, 1.165) is 42.8 Å². The lowest BCUT2D eigenvalue weighted by atomic mass is 10.2. The maximum atomic E-state index is 13.1. The van der Waals surface area contributed by atoms with Crippen molar-refractivity contribution < 1.29 is 4.39 Å². The summed E-state index contributed by atoms with van der Waals surface area (Å²) in [5.41, 5.74) is 1.20. The summed E-state index contributed by atoms with van der Waals surface area (Å²) in [6.45, 7) is 7.13. The van der Waals surface area contributed by atoms with Gasteiger partial charge in [0, 0.05) is 26.8 Å². The third-order valence-corrected chi connectivity index (χ3v) is 4.08. The smallest absolute Gasteiger partial charge is 0.164 e. The molecule has 120 valence electrons. The van der Waals surface area contributed by atoms with Crippen molar-refractivity contribution in [1.29, 1.82) is 5.41 Å². The molecule has 0 spiro atoms. The van der Waals surface area contributed by atoms with Crippen LogP contribution in [-0.4, -0.2) is 47.7 Å². The lowest BCUT2D eigenvalue weighted by Crippen LogP contribution is -2.39. The molecule has 1 aliphatic rings. The van der Waals surface area contributed by atoms with Crippen LogP contribution in [0.4, 0.5) is 4.39 Å². The fourth-order valence-electron chi connectivity index (χ4n) is 2.06. The molecule has 7 heteroatoms. The van der Waals surface area contributed by atoms with Gasteiger partial charge in [0.25, 0.3) is 0 Å². The van der Waals surface area contributed by atoms with Gasteiger partial charge in [-0.2, -0.15) is 0 Å². The van der Waals surface area contributed by atoms with Crippen molar-refractivity contribution in [3.05, 3.63) is 23.4 Å². The summed E-state index contributed by atoms with van der Waals surface area (Å²) < 4.78 is 13.1. The van der Waals surface area contributed by atoms with Crippen LogP contribution in [0.25, 0.3) is 0 Å². The molecular weight excluding hydrogens is 289 g/mol. The first-order valence-corrected chi connectivity index (χ1v) is 8.06. The van der Waals surface area contributed by atoms with Crippen LogP contribution in [0.1, 0.15) is 27.2 Å². The third-order valence-electron chi connectivity index (χ3n) is 3.25. The van der Waals surface area contributed by atoms with Gasteiger partial charge >= 0.3 is 0 Å². The Bertz CT molecular complexity index is 433. The van der Waals surface area contributed by atoms with E-state index in [-0.39, 0.29) is 5.17 Å². The number of allylic oxidation sites excluding steroid dienone is 1. The minimum Gasteiger partial charge on any atom is -0.384 e. The van der Waals surface area contributed by atoms with Gasteiger partial charge in [-0.05, 0) is 20.3 Å². The van der Waals surface area contributed by atoms with Crippen LogP contribution >= 0.6 is 11.8 Å². The zero-order chi connectivity index (χ0) is 16.0. The number of hydrogen-bond donors (Lipinski definition) is 3. The highest BCUT2D eigenvalue weighted by molar-refractivity contribution is 8.14. The van der Waals surface area contributed by atoms with E-state index in [0.29, 0.717) is 0 Å². The molecule has 3 N–H and O–H groups in total. The molecule has 1 unspecified atom stereocenters. The lowest BCUT2D eigenvalue weighted by molar-refractivity contribution is 0.417. The number of halogens is 1. The van der Waals surface area contributed by atoms with Gasteiger partial charge in [0.05, 0.1) is 17.9 Å². The molecule has 0 bridgehead atoms. The van der Waals surface area contributed by atoms with Crippen molar-refractivity contribution in [3.8, 4) is 0 Å². The van der Waals surface area contributed by atoms with Crippen molar-refractivity contribution in [2.24, 2.45) is 0 Å². The van der Waals surface area contributed by atoms with Crippen LogP contribution in [0.5, 0.6) is 0 Å². The average Bonchev–Trinajstić information content (AvgIpc) is 2.34. The van der Waals surface area contributed by atoms with Crippen LogP contribution in [0, 0.1) is 5.41 Å². The van der Waals surface area contributed by atoms with Crippen molar-refractivity contribution in [1.82, 2.24) is 20.4 Å². The first-order valence-electron chi connectivity index (χ1n) is 7.18. The Hall–Kier alpha value is -1.37. The zero-order valence-corrected chi connectivity index (χ0v) is 14.3. The monoisotopic (exact) mass is 315 g/mol.